The Hall–Kier alpha value is -2.37. The number of hydrogen-bond acceptors (Lipinski definition) is 4. The van der Waals surface area contributed by atoms with Crippen molar-refractivity contribution in [1.82, 2.24) is 15.1 Å². The highest BCUT2D eigenvalue weighted by Crippen LogP contribution is 2.16. The lowest BCUT2D eigenvalue weighted by Gasteiger charge is -2.01. The topological polar surface area (TPSA) is 73.2 Å². The van der Waals surface area contributed by atoms with E-state index >= 15 is 0 Å². The van der Waals surface area contributed by atoms with Gasteiger partial charge in [-0.3, -0.25) is 14.3 Å². The van der Waals surface area contributed by atoms with Gasteiger partial charge in [-0.15, -0.1) is 0 Å². The smallest absolute Gasteiger partial charge is 0.325 e. The molecule has 6 nitrogen and oxygen atoms in total. The van der Waals surface area contributed by atoms with Gasteiger partial charge in [0.2, 0.25) is 0 Å². The molecule has 0 radical (unpaired) electrons. The second kappa shape index (κ2) is 4.87. The van der Waals surface area contributed by atoms with E-state index in [-0.39, 0.29) is 6.54 Å². The van der Waals surface area contributed by atoms with Crippen LogP contribution in [0.2, 0.25) is 0 Å². The molecule has 2 rings (SSSR count). The molecule has 0 atom stereocenters. The molecule has 0 aliphatic carbocycles. The minimum absolute atomic E-state index is 0.166. The van der Waals surface area contributed by atoms with E-state index < -0.39 is 11.9 Å². The molecule has 1 aromatic carbocycles. The third-order valence-electron chi connectivity index (χ3n) is 2.59. The van der Waals surface area contributed by atoms with Crippen LogP contribution >= 0.6 is 0 Å². The fourth-order valence-corrected chi connectivity index (χ4v) is 1.69. The molecule has 0 spiro atoms. The quantitative estimate of drug-likeness (QED) is 0.800. The Kier molecular flexibility index (Phi) is 3.27. The van der Waals surface area contributed by atoms with Crippen molar-refractivity contribution in [2.45, 2.75) is 0 Å². The fourth-order valence-electron chi connectivity index (χ4n) is 1.69. The molecule has 94 valence electrons. The Morgan fingerprint density at radius 2 is 2.11 bits per heavy atom. The van der Waals surface area contributed by atoms with Gasteiger partial charge in [0.1, 0.15) is 6.54 Å². The van der Waals surface area contributed by atoms with Crippen molar-refractivity contribution in [1.29, 1.82) is 0 Å². The Morgan fingerprint density at radius 3 is 2.83 bits per heavy atom. The molecular formula is C12H13N3O3. The largest absolute Gasteiger partial charge is 0.468 e. The van der Waals surface area contributed by atoms with Gasteiger partial charge >= 0.3 is 5.97 Å². The summed E-state index contributed by atoms with van der Waals surface area (Å²) in [5.74, 6) is -0.888. The standard InChI is InChI=1S/C12H13N3O3/c1-15-9-6-4-3-5-8(9)11(14-15)12(17)13-7-10(16)18-2/h3-6H,7H2,1-2H3,(H,13,17). The van der Waals surface area contributed by atoms with Gasteiger partial charge in [0.05, 0.1) is 12.6 Å². The number of carbonyl (C=O) groups is 2. The molecule has 0 aliphatic rings. The van der Waals surface area contributed by atoms with Crippen molar-refractivity contribution in [3.05, 3.63) is 30.0 Å². The van der Waals surface area contributed by atoms with Gasteiger partial charge in [0, 0.05) is 12.4 Å². The lowest BCUT2D eigenvalue weighted by atomic mass is 10.2. The number of ether oxygens (including phenoxy) is 1. The maximum absolute atomic E-state index is 11.9. The van der Waals surface area contributed by atoms with Gasteiger partial charge in [0.15, 0.2) is 5.69 Å². The Morgan fingerprint density at radius 1 is 1.39 bits per heavy atom. The van der Waals surface area contributed by atoms with Crippen LogP contribution in [-0.2, 0) is 16.6 Å². The van der Waals surface area contributed by atoms with E-state index in [1.807, 2.05) is 24.3 Å². The molecule has 1 heterocycles. The van der Waals surface area contributed by atoms with Crippen LogP contribution in [0.4, 0.5) is 0 Å². The maximum atomic E-state index is 11.9. The number of aromatic nitrogens is 2. The van der Waals surface area contributed by atoms with Crippen LogP contribution in [0.5, 0.6) is 0 Å². The predicted molar refractivity (Wildman–Crippen MR) is 65.1 cm³/mol. The summed E-state index contributed by atoms with van der Waals surface area (Å²) in [5, 5.41) is 7.36. The Bertz CT molecular complexity index is 604. The third-order valence-corrected chi connectivity index (χ3v) is 2.59. The second-order valence-electron chi connectivity index (χ2n) is 3.75. The molecule has 0 saturated carbocycles. The molecule has 0 saturated heterocycles. The highest BCUT2D eigenvalue weighted by molar-refractivity contribution is 6.05. The number of fused-ring (bicyclic) bond motifs is 1. The van der Waals surface area contributed by atoms with Crippen molar-refractivity contribution >= 4 is 22.8 Å². The summed E-state index contributed by atoms with van der Waals surface area (Å²) < 4.78 is 6.08. The molecule has 2 aromatic rings. The number of para-hydroxylation sites is 1. The van der Waals surface area contributed by atoms with Gasteiger partial charge < -0.3 is 10.1 Å². The van der Waals surface area contributed by atoms with Gasteiger partial charge in [-0.05, 0) is 6.07 Å². The van der Waals surface area contributed by atoms with Crippen LogP contribution in [0.1, 0.15) is 10.5 Å². The number of aryl methyl sites for hydroxylation is 1. The van der Waals surface area contributed by atoms with Crippen molar-refractivity contribution in [2.24, 2.45) is 7.05 Å². The maximum Gasteiger partial charge on any atom is 0.325 e. The molecule has 1 aromatic heterocycles. The molecule has 0 aliphatic heterocycles. The fraction of sp³-hybridized carbons (Fsp3) is 0.250. The van der Waals surface area contributed by atoms with Crippen LogP contribution in [0, 0.1) is 0 Å². The molecular weight excluding hydrogens is 234 g/mol. The number of rotatable bonds is 3. The number of esters is 1. The van der Waals surface area contributed by atoms with Crippen molar-refractivity contribution in [3.63, 3.8) is 0 Å². The summed E-state index contributed by atoms with van der Waals surface area (Å²) >= 11 is 0. The molecule has 0 unspecified atom stereocenters. The molecule has 0 bridgehead atoms. The Balaban J connectivity index is 2.25. The van der Waals surface area contributed by atoms with E-state index in [1.165, 1.54) is 7.11 Å². The minimum atomic E-state index is -0.497. The van der Waals surface area contributed by atoms with Crippen molar-refractivity contribution < 1.29 is 14.3 Å². The first kappa shape index (κ1) is 12.1. The summed E-state index contributed by atoms with van der Waals surface area (Å²) in [6.07, 6.45) is 0. The number of hydrogen-bond donors (Lipinski definition) is 1. The van der Waals surface area contributed by atoms with Crippen molar-refractivity contribution in [2.75, 3.05) is 13.7 Å². The summed E-state index contributed by atoms with van der Waals surface area (Å²) in [6.45, 7) is -0.166. The van der Waals surface area contributed by atoms with Crippen molar-refractivity contribution in [3.8, 4) is 0 Å². The second-order valence-corrected chi connectivity index (χ2v) is 3.75. The van der Waals surface area contributed by atoms with Crippen LogP contribution in [0.15, 0.2) is 24.3 Å². The summed E-state index contributed by atoms with van der Waals surface area (Å²) in [5.41, 5.74) is 1.16. The number of benzene rings is 1. The van der Waals surface area contributed by atoms with Gasteiger partial charge in [-0.2, -0.15) is 5.10 Å². The first-order chi connectivity index (χ1) is 8.63. The number of nitrogens with one attached hydrogen (secondary N) is 1. The van der Waals surface area contributed by atoms with Crippen LogP contribution < -0.4 is 5.32 Å². The first-order valence-electron chi connectivity index (χ1n) is 5.40. The monoisotopic (exact) mass is 247 g/mol. The predicted octanol–water partition coefficient (Wildman–Crippen LogP) is 0.476. The zero-order valence-corrected chi connectivity index (χ0v) is 10.1. The van der Waals surface area contributed by atoms with Crippen LogP contribution in [0.25, 0.3) is 10.9 Å². The average Bonchev–Trinajstić information content (AvgIpc) is 2.74. The summed E-state index contributed by atoms with van der Waals surface area (Å²) in [6, 6.07) is 7.40. The molecule has 0 fully saturated rings. The van der Waals surface area contributed by atoms with Crippen LogP contribution in [0.3, 0.4) is 0 Å². The zero-order valence-electron chi connectivity index (χ0n) is 10.1. The van der Waals surface area contributed by atoms with E-state index in [0.717, 1.165) is 10.9 Å². The van der Waals surface area contributed by atoms with E-state index in [0.29, 0.717) is 5.69 Å². The van der Waals surface area contributed by atoms with Gasteiger partial charge in [-0.1, -0.05) is 18.2 Å². The molecule has 18 heavy (non-hydrogen) atoms. The van der Waals surface area contributed by atoms with E-state index in [2.05, 4.69) is 15.2 Å². The normalized spacial score (nSPS) is 10.3. The lowest BCUT2D eigenvalue weighted by molar-refractivity contribution is -0.139. The highest BCUT2D eigenvalue weighted by Gasteiger charge is 2.16. The summed E-state index contributed by atoms with van der Waals surface area (Å²) in [7, 11) is 3.03. The third kappa shape index (κ3) is 2.17. The molecule has 1 N–H and O–H groups in total. The van der Waals surface area contributed by atoms with E-state index in [9.17, 15) is 9.59 Å². The SMILES string of the molecule is COC(=O)CNC(=O)c1nn(C)c2ccccc12. The Labute approximate surface area is 104 Å². The highest BCUT2D eigenvalue weighted by atomic mass is 16.5. The van der Waals surface area contributed by atoms with Crippen LogP contribution in [-0.4, -0.2) is 35.3 Å². The first-order valence-corrected chi connectivity index (χ1v) is 5.40. The van der Waals surface area contributed by atoms with E-state index in [1.54, 1.807) is 11.7 Å². The van der Waals surface area contributed by atoms with E-state index in [4.69, 9.17) is 0 Å². The number of methoxy groups -OCH3 is 1. The number of nitrogens with zero attached hydrogens (tertiary/aromatic N) is 2. The number of amides is 1. The average molecular weight is 247 g/mol. The number of carbonyl (C=O) groups excluding carboxylic acids is 2. The lowest BCUT2D eigenvalue weighted by Crippen LogP contribution is -2.30. The summed E-state index contributed by atoms with van der Waals surface area (Å²) in [4.78, 5) is 22.9. The van der Waals surface area contributed by atoms with Gasteiger partial charge in [0.25, 0.3) is 5.91 Å². The zero-order chi connectivity index (χ0) is 13.1. The molecule has 1 amide bonds. The van der Waals surface area contributed by atoms with Gasteiger partial charge in [-0.25, -0.2) is 0 Å². The minimum Gasteiger partial charge on any atom is -0.468 e. The molecule has 6 heteroatoms.